The van der Waals surface area contributed by atoms with Gasteiger partial charge in [-0.1, -0.05) is 28.9 Å². The second kappa shape index (κ2) is 7.38. The highest BCUT2D eigenvalue weighted by Crippen LogP contribution is 2.32. The van der Waals surface area contributed by atoms with Crippen LogP contribution in [0, 0.1) is 0 Å². The number of nitrogen functional groups attached to an aromatic ring is 1. The van der Waals surface area contributed by atoms with Crippen LogP contribution < -0.4 is 10.5 Å². The van der Waals surface area contributed by atoms with Gasteiger partial charge in [0.1, 0.15) is 10.8 Å². The minimum absolute atomic E-state index is 0.436. The molecule has 0 saturated carbocycles. The third-order valence-electron chi connectivity index (χ3n) is 3.92. The van der Waals surface area contributed by atoms with Gasteiger partial charge in [-0.05, 0) is 43.3 Å². The molecule has 2 aromatic heterocycles. The lowest BCUT2D eigenvalue weighted by Crippen LogP contribution is -2.02. The number of rotatable bonds is 5. The molecule has 0 radical (unpaired) electrons. The monoisotopic (exact) mass is 397 g/mol. The van der Waals surface area contributed by atoms with Crippen molar-refractivity contribution in [3.05, 3.63) is 58.9 Å². The lowest BCUT2D eigenvalue weighted by atomic mass is 10.2. The zero-order valence-electron chi connectivity index (χ0n) is 14.5. The third-order valence-corrected chi connectivity index (χ3v) is 5.01. The van der Waals surface area contributed by atoms with E-state index in [0.29, 0.717) is 28.1 Å². The first kappa shape index (κ1) is 17.5. The first-order valence-corrected chi connectivity index (χ1v) is 9.57. The molecule has 0 amide bonds. The summed E-state index contributed by atoms with van der Waals surface area (Å²) in [5.41, 5.74) is 9.43. The largest absolute Gasteiger partial charge is 0.494 e. The van der Waals surface area contributed by atoms with E-state index in [1.165, 1.54) is 11.3 Å². The van der Waals surface area contributed by atoms with E-state index in [4.69, 9.17) is 22.1 Å². The molecule has 0 atom stereocenters. The highest BCUT2D eigenvalue weighted by atomic mass is 35.5. The molecule has 2 heterocycles. The molecule has 0 aliphatic rings. The molecule has 0 bridgehead atoms. The average Bonchev–Trinajstić information content (AvgIpc) is 3.30. The van der Waals surface area contributed by atoms with Crippen molar-refractivity contribution in [1.82, 2.24) is 20.0 Å². The molecular weight excluding hydrogens is 382 g/mol. The highest BCUT2D eigenvalue weighted by Gasteiger charge is 2.17. The van der Waals surface area contributed by atoms with Gasteiger partial charge in [-0.25, -0.2) is 4.98 Å². The molecule has 0 fully saturated rings. The van der Waals surface area contributed by atoms with Crippen LogP contribution in [0.1, 0.15) is 6.92 Å². The van der Waals surface area contributed by atoms with Crippen LogP contribution >= 0.6 is 22.9 Å². The predicted molar refractivity (Wildman–Crippen MR) is 108 cm³/mol. The Hall–Kier alpha value is -2.90. The second-order valence-corrected chi connectivity index (χ2v) is 7.00. The number of aromatic nitrogens is 4. The van der Waals surface area contributed by atoms with Gasteiger partial charge >= 0.3 is 0 Å². The topological polar surface area (TPSA) is 78.8 Å². The van der Waals surface area contributed by atoms with Crippen molar-refractivity contribution in [1.29, 1.82) is 0 Å². The van der Waals surface area contributed by atoms with Gasteiger partial charge in [0.25, 0.3) is 0 Å². The van der Waals surface area contributed by atoms with Crippen LogP contribution in [0.25, 0.3) is 27.6 Å². The molecule has 4 rings (SSSR count). The Labute approximate surface area is 165 Å². The van der Waals surface area contributed by atoms with Crippen LogP contribution in [-0.2, 0) is 0 Å². The number of nitrogens with zero attached hydrogens (tertiary/aromatic N) is 4. The highest BCUT2D eigenvalue weighted by molar-refractivity contribution is 7.13. The summed E-state index contributed by atoms with van der Waals surface area (Å²) in [6.45, 7) is 2.56. The smallest absolute Gasteiger partial charge is 0.165 e. The Morgan fingerprint density at radius 3 is 2.74 bits per heavy atom. The van der Waals surface area contributed by atoms with Gasteiger partial charge in [-0.15, -0.1) is 16.4 Å². The van der Waals surface area contributed by atoms with Crippen molar-refractivity contribution < 1.29 is 4.74 Å². The Balaban J connectivity index is 1.64. The molecule has 6 nitrogen and oxygen atoms in total. The van der Waals surface area contributed by atoms with Gasteiger partial charge in [0.15, 0.2) is 11.5 Å². The van der Waals surface area contributed by atoms with Crippen LogP contribution in [0.3, 0.4) is 0 Å². The average molecular weight is 398 g/mol. The van der Waals surface area contributed by atoms with E-state index in [2.05, 4.69) is 15.3 Å². The van der Waals surface area contributed by atoms with Crippen LogP contribution in [0.2, 0.25) is 5.02 Å². The van der Waals surface area contributed by atoms with Crippen molar-refractivity contribution in [2.24, 2.45) is 0 Å². The van der Waals surface area contributed by atoms with E-state index < -0.39 is 0 Å². The van der Waals surface area contributed by atoms with E-state index in [1.54, 1.807) is 4.68 Å². The standard InChI is InChI=1S/C19H16ClN5OS/c1-2-26-15-8-6-14(7-9-15)25-18(21)17(23-24-25)19-22-16(11-27-19)12-4-3-5-13(20)10-12/h3-11H,2,21H2,1H3. The molecule has 2 aromatic carbocycles. The number of benzene rings is 2. The van der Waals surface area contributed by atoms with Crippen LogP contribution in [0.4, 0.5) is 5.82 Å². The quantitative estimate of drug-likeness (QED) is 0.528. The summed E-state index contributed by atoms with van der Waals surface area (Å²) in [7, 11) is 0. The lowest BCUT2D eigenvalue weighted by molar-refractivity contribution is 0.340. The SMILES string of the molecule is CCOc1ccc(-n2nnc(-c3nc(-c4cccc(Cl)c4)cs3)c2N)cc1. The van der Waals surface area contributed by atoms with Gasteiger partial charge in [-0.3, -0.25) is 0 Å². The van der Waals surface area contributed by atoms with E-state index in [1.807, 2.05) is 60.8 Å². The fourth-order valence-corrected chi connectivity index (χ4v) is 3.66. The maximum atomic E-state index is 6.29. The van der Waals surface area contributed by atoms with Crippen molar-refractivity contribution in [3.8, 4) is 33.4 Å². The minimum Gasteiger partial charge on any atom is -0.494 e. The number of hydrogen-bond donors (Lipinski definition) is 1. The number of hydrogen-bond acceptors (Lipinski definition) is 6. The maximum absolute atomic E-state index is 6.29. The second-order valence-electron chi connectivity index (χ2n) is 5.71. The lowest BCUT2D eigenvalue weighted by Gasteiger charge is -2.05. The molecule has 2 N–H and O–H groups in total. The fourth-order valence-electron chi connectivity index (χ4n) is 2.65. The van der Waals surface area contributed by atoms with E-state index in [-0.39, 0.29) is 0 Å². The molecule has 0 aliphatic heterocycles. The Kier molecular flexibility index (Phi) is 4.79. The molecule has 0 aliphatic carbocycles. The van der Waals surface area contributed by atoms with Crippen molar-refractivity contribution in [2.45, 2.75) is 6.92 Å². The fraction of sp³-hybridized carbons (Fsp3) is 0.105. The first-order chi connectivity index (χ1) is 13.2. The van der Waals surface area contributed by atoms with Gasteiger partial charge < -0.3 is 10.5 Å². The number of thiazole rings is 1. The maximum Gasteiger partial charge on any atom is 0.165 e. The summed E-state index contributed by atoms with van der Waals surface area (Å²) in [5.74, 6) is 1.23. The predicted octanol–water partition coefficient (Wildman–Crippen LogP) is 4.69. The van der Waals surface area contributed by atoms with Gasteiger partial charge in [0.05, 0.1) is 18.0 Å². The summed E-state index contributed by atoms with van der Waals surface area (Å²) in [4.78, 5) is 4.64. The zero-order chi connectivity index (χ0) is 18.8. The number of anilines is 1. The van der Waals surface area contributed by atoms with Crippen molar-refractivity contribution in [2.75, 3.05) is 12.3 Å². The minimum atomic E-state index is 0.436. The Morgan fingerprint density at radius 1 is 1.19 bits per heavy atom. The summed E-state index contributed by atoms with van der Waals surface area (Å²) < 4.78 is 7.05. The van der Waals surface area contributed by atoms with Crippen LogP contribution in [0.5, 0.6) is 5.75 Å². The van der Waals surface area contributed by atoms with E-state index >= 15 is 0 Å². The van der Waals surface area contributed by atoms with Gasteiger partial charge in [0, 0.05) is 16.0 Å². The molecule has 27 heavy (non-hydrogen) atoms. The summed E-state index contributed by atoms with van der Waals surface area (Å²) >= 11 is 7.53. The number of nitrogens with two attached hydrogens (primary N) is 1. The van der Waals surface area contributed by atoms with Gasteiger partial charge in [0.2, 0.25) is 0 Å². The summed E-state index contributed by atoms with van der Waals surface area (Å²) in [5, 5.41) is 11.7. The van der Waals surface area contributed by atoms with Gasteiger partial charge in [-0.2, -0.15) is 4.68 Å². The Bertz CT molecular complexity index is 1070. The number of ether oxygens (including phenoxy) is 1. The summed E-state index contributed by atoms with van der Waals surface area (Å²) in [6.07, 6.45) is 0. The molecule has 0 saturated heterocycles. The molecule has 4 aromatic rings. The molecular formula is C19H16ClN5OS. The first-order valence-electron chi connectivity index (χ1n) is 8.32. The number of halogens is 1. The molecule has 0 unspecified atom stereocenters. The van der Waals surface area contributed by atoms with Crippen molar-refractivity contribution >= 4 is 28.8 Å². The molecule has 8 heteroatoms. The normalized spacial score (nSPS) is 10.9. The molecule has 0 spiro atoms. The van der Waals surface area contributed by atoms with Crippen LogP contribution in [-0.4, -0.2) is 26.6 Å². The van der Waals surface area contributed by atoms with E-state index in [9.17, 15) is 0 Å². The molecule has 136 valence electrons. The van der Waals surface area contributed by atoms with Crippen molar-refractivity contribution in [3.63, 3.8) is 0 Å². The van der Waals surface area contributed by atoms with E-state index in [0.717, 1.165) is 22.7 Å². The summed E-state index contributed by atoms with van der Waals surface area (Å²) in [6, 6.07) is 15.1. The Morgan fingerprint density at radius 2 is 2.00 bits per heavy atom. The van der Waals surface area contributed by atoms with Crippen LogP contribution in [0.15, 0.2) is 53.9 Å². The zero-order valence-corrected chi connectivity index (χ0v) is 16.0. The third kappa shape index (κ3) is 3.51.